The number of rotatable bonds is 3. The summed E-state index contributed by atoms with van der Waals surface area (Å²) in [4.78, 5) is 4.12. The van der Waals surface area contributed by atoms with Gasteiger partial charge in [-0.05, 0) is 19.9 Å². The number of H-pyrrole nitrogens is 1. The highest BCUT2D eigenvalue weighted by Gasteiger charge is 2.15. The van der Waals surface area contributed by atoms with Gasteiger partial charge in [-0.1, -0.05) is 0 Å². The Labute approximate surface area is 91.3 Å². The van der Waals surface area contributed by atoms with Gasteiger partial charge in [0.1, 0.15) is 11.4 Å². The number of aromatic nitrogens is 4. The Bertz CT molecular complexity index is 473. The summed E-state index contributed by atoms with van der Waals surface area (Å²) in [5.74, 6) is 0.596. The molecule has 0 radical (unpaired) electrons. The predicted octanol–water partition coefficient (Wildman–Crippen LogP) is 2.79. The van der Waals surface area contributed by atoms with Crippen molar-refractivity contribution in [3.05, 3.63) is 24.2 Å². The van der Waals surface area contributed by atoms with Crippen molar-refractivity contribution in [2.45, 2.75) is 26.3 Å². The van der Waals surface area contributed by atoms with Gasteiger partial charge in [-0.3, -0.25) is 5.10 Å². The molecule has 0 saturated carbocycles. The van der Waals surface area contributed by atoms with E-state index in [9.17, 15) is 8.78 Å². The molecule has 2 aromatic rings. The van der Waals surface area contributed by atoms with Crippen LogP contribution >= 0.6 is 0 Å². The van der Waals surface area contributed by atoms with E-state index in [4.69, 9.17) is 0 Å². The molecule has 6 heteroatoms. The third-order valence-electron chi connectivity index (χ3n) is 2.29. The molecule has 0 spiro atoms. The highest BCUT2D eigenvalue weighted by Crippen LogP contribution is 2.23. The second-order valence-corrected chi connectivity index (χ2v) is 3.76. The maximum atomic E-state index is 12.4. The summed E-state index contributed by atoms with van der Waals surface area (Å²) in [6, 6.07) is 1.54. The van der Waals surface area contributed by atoms with Crippen molar-refractivity contribution in [3.63, 3.8) is 0 Å². The van der Waals surface area contributed by atoms with Gasteiger partial charge in [-0.15, -0.1) is 0 Å². The second kappa shape index (κ2) is 4.03. The fraction of sp³-hybridized carbons (Fsp3) is 0.400. The maximum absolute atomic E-state index is 12.4. The molecular formula is C10H12F2N4. The van der Waals surface area contributed by atoms with E-state index >= 15 is 0 Å². The monoisotopic (exact) mass is 226 g/mol. The van der Waals surface area contributed by atoms with Crippen molar-refractivity contribution in [1.29, 1.82) is 0 Å². The van der Waals surface area contributed by atoms with Crippen LogP contribution in [0.15, 0.2) is 18.5 Å². The van der Waals surface area contributed by atoms with Crippen LogP contribution in [0.25, 0.3) is 11.5 Å². The van der Waals surface area contributed by atoms with Gasteiger partial charge in [0.2, 0.25) is 0 Å². The fourth-order valence-corrected chi connectivity index (χ4v) is 1.49. The van der Waals surface area contributed by atoms with E-state index < -0.39 is 6.43 Å². The van der Waals surface area contributed by atoms with Gasteiger partial charge in [-0.2, -0.15) is 5.10 Å². The number of nitrogens with one attached hydrogen (secondary N) is 1. The maximum Gasteiger partial charge on any atom is 0.279 e. The quantitative estimate of drug-likeness (QED) is 0.874. The molecule has 2 heterocycles. The normalized spacial score (nSPS) is 11.6. The Balaban J connectivity index is 2.39. The summed E-state index contributed by atoms with van der Waals surface area (Å²) in [6.07, 6.45) is 0.895. The topological polar surface area (TPSA) is 46.5 Å². The van der Waals surface area contributed by atoms with Gasteiger partial charge in [0.05, 0.1) is 0 Å². The van der Waals surface area contributed by atoms with Crippen molar-refractivity contribution < 1.29 is 8.78 Å². The Kier molecular flexibility index (Phi) is 2.72. The molecule has 0 aliphatic rings. The molecule has 0 bridgehead atoms. The highest BCUT2D eigenvalue weighted by molar-refractivity contribution is 5.50. The van der Waals surface area contributed by atoms with Crippen LogP contribution in [0.2, 0.25) is 0 Å². The molecule has 0 saturated heterocycles. The van der Waals surface area contributed by atoms with Crippen LogP contribution in [0.5, 0.6) is 0 Å². The van der Waals surface area contributed by atoms with Gasteiger partial charge >= 0.3 is 0 Å². The molecule has 0 unspecified atom stereocenters. The third-order valence-corrected chi connectivity index (χ3v) is 2.29. The molecule has 2 aromatic heterocycles. The number of hydrogen-bond acceptors (Lipinski definition) is 2. The lowest BCUT2D eigenvalue weighted by molar-refractivity contribution is 0.146. The van der Waals surface area contributed by atoms with E-state index in [2.05, 4.69) is 15.2 Å². The van der Waals surface area contributed by atoms with Crippen LogP contribution in [0.4, 0.5) is 8.78 Å². The molecular weight excluding hydrogens is 214 g/mol. The number of imidazole rings is 1. The summed E-state index contributed by atoms with van der Waals surface area (Å²) in [5, 5.41) is 6.14. The molecule has 0 fully saturated rings. The predicted molar refractivity (Wildman–Crippen MR) is 55.2 cm³/mol. The minimum absolute atomic E-state index is 0.187. The van der Waals surface area contributed by atoms with Gasteiger partial charge in [0, 0.05) is 18.4 Å². The average molecular weight is 226 g/mol. The van der Waals surface area contributed by atoms with Gasteiger partial charge < -0.3 is 4.57 Å². The van der Waals surface area contributed by atoms with E-state index in [1.807, 2.05) is 18.4 Å². The molecule has 4 nitrogen and oxygen atoms in total. The van der Waals surface area contributed by atoms with Crippen molar-refractivity contribution in [3.8, 4) is 11.5 Å². The first-order chi connectivity index (χ1) is 7.59. The number of nitrogens with zero attached hydrogens (tertiary/aromatic N) is 3. The molecule has 0 aliphatic heterocycles. The standard InChI is InChI=1S/C10H12F2N4/c1-6(2)16-4-3-13-10(16)8-5-7(9(11)12)14-15-8/h3-6,9H,1-2H3,(H,14,15). The first-order valence-corrected chi connectivity index (χ1v) is 4.96. The summed E-state index contributed by atoms with van der Waals surface area (Å²) >= 11 is 0. The molecule has 16 heavy (non-hydrogen) atoms. The molecule has 0 amide bonds. The SMILES string of the molecule is CC(C)n1ccnc1-c1cc(C(F)F)[nH]n1. The van der Waals surface area contributed by atoms with E-state index in [0.29, 0.717) is 11.5 Å². The van der Waals surface area contributed by atoms with Gasteiger partial charge in [-0.25, -0.2) is 13.8 Å². The lowest BCUT2D eigenvalue weighted by Gasteiger charge is -2.09. The number of aromatic amines is 1. The van der Waals surface area contributed by atoms with E-state index in [0.717, 1.165) is 0 Å². The lowest BCUT2D eigenvalue weighted by Crippen LogP contribution is -2.01. The molecule has 1 N–H and O–H groups in total. The van der Waals surface area contributed by atoms with Gasteiger partial charge in [0.15, 0.2) is 5.82 Å². The third kappa shape index (κ3) is 1.82. The van der Waals surface area contributed by atoms with E-state index in [1.165, 1.54) is 6.07 Å². The molecule has 0 aromatic carbocycles. The van der Waals surface area contributed by atoms with Crippen molar-refractivity contribution in [1.82, 2.24) is 19.7 Å². The van der Waals surface area contributed by atoms with Crippen LogP contribution in [0, 0.1) is 0 Å². The summed E-state index contributed by atoms with van der Waals surface area (Å²) < 4.78 is 26.6. The van der Waals surface area contributed by atoms with Crippen molar-refractivity contribution in [2.24, 2.45) is 0 Å². The smallest absolute Gasteiger partial charge is 0.279 e. The summed E-state index contributed by atoms with van der Waals surface area (Å²) in [7, 11) is 0. The largest absolute Gasteiger partial charge is 0.327 e. The fourth-order valence-electron chi connectivity index (χ4n) is 1.49. The van der Waals surface area contributed by atoms with E-state index in [-0.39, 0.29) is 11.7 Å². The Morgan fingerprint density at radius 1 is 1.38 bits per heavy atom. The average Bonchev–Trinajstić information content (AvgIpc) is 2.86. The molecule has 0 atom stereocenters. The molecule has 2 rings (SSSR count). The Morgan fingerprint density at radius 3 is 2.69 bits per heavy atom. The molecule has 0 aliphatic carbocycles. The first-order valence-electron chi connectivity index (χ1n) is 4.96. The Hall–Kier alpha value is -1.72. The number of halogens is 2. The van der Waals surface area contributed by atoms with Crippen molar-refractivity contribution in [2.75, 3.05) is 0 Å². The van der Waals surface area contributed by atoms with Crippen LogP contribution in [0.1, 0.15) is 32.0 Å². The van der Waals surface area contributed by atoms with Crippen LogP contribution in [0.3, 0.4) is 0 Å². The zero-order chi connectivity index (χ0) is 11.7. The first kappa shape index (κ1) is 10.8. The summed E-state index contributed by atoms with van der Waals surface area (Å²) in [6.45, 7) is 3.98. The minimum atomic E-state index is -2.54. The zero-order valence-electron chi connectivity index (χ0n) is 8.98. The van der Waals surface area contributed by atoms with Crippen LogP contribution in [-0.2, 0) is 0 Å². The Morgan fingerprint density at radius 2 is 2.12 bits per heavy atom. The molecule has 86 valence electrons. The number of hydrogen-bond donors (Lipinski definition) is 1. The summed E-state index contributed by atoms with van der Waals surface area (Å²) in [5.41, 5.74) is 0.252. The van der Waals surface area contributed by atoms with Crippen LogP contribution in [-0.4, -0.2) is 19.7 Å². The van der Waals surface area contributed by atoms with Crippen molar-refractivity contribution >= 4 is 0 Å². The van der Waals surface area contributed by atoms with Gasteiger partial charge in [0.25, 0.3) is 6.43 Å². The lowest BCUT2D eigenvalue weighted by atomic mass is 10.3. The second-order valence-electron chi connectivity index (χ2n) is 3.76. The van der Waals surface area contributed by atoms with Crippen LogP contribution < -0.4 is 0 Å². The highest BCUT2D eigenvalue weighted by atomic mass is 19.3. The van der Waals surface area contributed by atoms with E-state index in [1.54, 1.807) is 12.4 Å². The number of alkyl halides is 2. The zero-order valence-corrected chi connectivity index (χ0v) is 8.98. The minimum Gasteiger partial charge on any atom is -0.327 e.